The van der Waals surface area contributed by atoms with Crippen LogP contribution in [0.3, 0.4) is 0 Å². The van der Waals surface area contributed by atoms with Gasteiger partial charge in [0.05, 0.1) is 3.57 Å². The van der Waals surface area contributed by atoms with Crippen LogP contribution in [0.2, 0.25) is 0 Å². The van der Waals surface area contributed by atoms with Crippen LogP contribution in [0.4, 0.5) is 0 Å². The molecule has 20 heavy (non-hydrogen) atoms. The average Bonchev–Trinajstić information content (AvgIpc) is 2.40. The number of hydrogen-bond donors (Lipinski definition) is 3. The van der Waals surface area contributed by atoms with Crippen molar-refractivity contribution in [2.75, 3.05) is 6.54 Å². The SMILES string of the molecule is O=C(NC1CCNC2(CCC2)C1)c1ccc(I)c(O)c1. The van der Waals surface area contributed by atoms with Gasteiger partial charge in [-0.05, 0) is 79.4 Å². The van der Waals surface area contributed by atoms with Crippen LogP contribution in [-0.2, 0) is 0 Å². The van der Waals surface area contributed by atoms with E-state index in [4.69, 9.17) is 0 Å². The van der Waals surface area contributed by atoms with Crippen LogP contribution in [0.25, 0.3) is 0 Å². The molecule has 1 spiro atoms. The molecule has 3 rings (SSSR count). The molecule has 1 aromatic rings. The summed E-state index contributed by atoms with van der Waals surface area (Å²) in [5, 5.41) is 16.4. The van der Waals surface area contributed by atoms with E-state index in [1.165, 1.54) is 25.3 Å². The quantitative estimate of drug-likeness (QED) is 0.685. The van der Waals surface area contributed by atoms with Crippen LogP contribution in [0.1, 0.15) is 42.5 Å². The molecule has 5 heteroatoms. The van der Waals surface area contributed by atoms with Gasteiger partial charge < -0.3 is 15.7 Å². The monoisotopic (exact) mass is 386 g/mol. The lowest BCUT2D eigenvalue weighted by atomic mass is 9.70. The predicted molar refractivity (Wildman–Crippen MR) is 85.9 cm³/mol. The molecule has 1 aliphatic carbocycles. The molecule has 2 fully saturated rings. The Kier molecular flexibility index (Phi) is 3.90. The molecule has 108 valence electrons. The maximum absolute atomic E-state index is 12.2. The fourth-order valence-corrected chi connectivity index (χ4v) is 3.52. The molecule has 0 aromatic heterocycles. The summed E-state index contributed by atoms with van der Waals surface area (Å²) in [5.41, 5.74) is 0.814. The number of piperidine rings is 1. The molecular weight excluding hydrogens is 367 g/mol. The normalized spacial score (nSPS) is 24.1. The van der Waals surface area contributed by atoms with Crippen molar-refractivity contribution in [1.82, 2.24) is 10.6 Å². The lowest BCUT2D eigenvalue weighted by Gasteiger charge is -2.48. The van der Waals surface area contributed by atoms with Gasteiger partial charge in [-0.2, -0.15) is 0 Å². The average molecular weight is 386 g/mol. The smallest absolute Gasteiger partial charge is 0.251 e. The maximum atomic E-state index is 12.2. The fraction of sp³-hybridized carbons (Fsp3) is 0.533. The Morgan fingerprint density at radius 3 is 2.90 bits per heavy atom. The van der Waals surface area contributed by atoms with Crippen molar-refractivity contribution in [1.29, 1.82) is 0 Å². The van der Waals surface area contributed by atoms with Crippen LogP contribution in [0, 0.1) is 3.57 Å². The number of carbonyl (C=O) groups excluding carboxylic acids is 1. The van der Waals surface area contributed by atoms with E-state index in [9.17, 15) is 9.90 Å². The topological polar surface area (TPSA) is 61.4 Å². The summed E-state index contributed by atoms with van der Waals surface area (Å²) in [7, 11) is 0. The van der Waals surface area contributed by atoms with Crippen LogP contribution in [-0.4, -0.2) is 29.1 Å². The first-order valence-electron chi connectivity index (χ1n) is 7.12. The van der Waals surface area contributed by atoms with Crippen LogP contribution in [0.5, 0.6) is 5.75 Å². The lowest BCUT2D eigenvalue weighted by molar-refractivity contribution is 0.0852. The Labute approximate surface area is 132 Å². The standard InChI is InChI=1S/C15H19IN2O2/c16-12-3-2-10(8-13(12)19)14(20)18-11-4-7-17-15(9-11)5-1-6-15/h2-3,8,11,17,19H,1,4-7,9H2,(H,18,20). The minimum absolute atomic E-state index is 0.0851. The number of carbonyl (C=O) groups is 1. The number of aromatic hydroxyl groups is 1. The van der Waals surface area contributed by atoms with Crippen molar-refractivity contribution in [2.24, 2.45) is 0 Å². The van der Waals surface area contributed by atoms with Crippen LogP contribution < -0.4 is 10.6 Å². The zero-order chi connectivity index (χ0) is 14.2. The van der Waals surface area contributed by atoms with Crippen LogP contribution in [0.15, 0.2) is 18.2 Å². The third kappa shape index (κ3) is 2.79. The van der Waals surface area contributed by atoms with Crippen molar-refractivity contribution in [3.05, 3.63) is 27.3 Å². The summed E-state index contributed by atoms with van der Waals surface area (Å²) < 4.78 is 0.759. The zero-order valence-corrected chi connectivity index (χ0v) is 13.4. The van der Waals surface area contributed by atoms with Crippen molar-refractivity contribution in [2.45, 2.75) is 43.7 Å². The van der Waals surface area contributed by atoms with Gasteiger partial charge in [-0.25, -0.2) is 0 Å². The van der Waals surface area contributed by atoms with E-state index in [0.717, 1.165) is 23.0 Å². The Morgan fingerprint density at radius 1 is 1.45 bits per heavy atom. The van der Waals surface area contributed by atoms with E-state index in [0.29, 0.717) is 5.56 Å². The first-order chi connectivity index (χ1) is 9.58. The number of hydrogen-bond acceptors (Lipinski definition) is 3. The largest absolute Gasteiger partial charge is 0.507 e. The van der Waals surface area contributed by atoms with E-state index in [1.807, 2.05) is 22.6 Å². The highest BCUT2D eigenvalue weighted by atomic mass is 127. The first-order valence-corrected chi connectivity index (χ1v) is 8.20. The lowest BCUT2D eigenvalue weighted by Crippen LogP contribution is -2.59. The molecule has 1 heterocycles. The molecule has 1 unspecified atom stereocenters. The molecular formula is C15H19IN2O2. The maximum Gasteiger partial charge on any atom is 0.251 e. The predicted octanol–water partition coefficient (Wildman–Crippen LogP) is 2.40. The summed E-state index contributed by atoms with van der Waals surface area (Å²) in [6.45, 7) is 0.975. The van der Waals surface area contributed by atoms with Gasteiger partial charge in [0.15, 0.2) is 0 Å². The van der Waals surface area contributed by atoms with E-state index >= 15 is 0 Å². The highest BCUT2D eigenvalue weighted by Crippen LogP contribution is 2.38. The molecule has 2 aliphatic rings. The molecule has 4 nitrogen and oxygen atoms in total. The van der Waals surface area contributed by atoms with Gasteiger partial charge in [0, 0.05) is 17.1 Å². The second kappa shape index (κ2) is 5.52. The Balaban J connectivity index is 1.64. The molecule has 1 aliphatic heterocycles. The minimum atomic E-state index is -0.0851. The van der Waals surface area contributed by atoms with E-state index in [1.54, 1.807) is 12.1 Å². The molecule has 1 aromatic carbocycles. The number of rotatable bonds is 2. The van der Waals surface area contributed by atoms with Crippen molar-refractivity contribution in [3.63, 3.8) is 0 Å². The van der Waals surface area contributed by atoms with Gasteiger partial charge in [-0.15, -0.1) is 0 Å². The zero-order valence-electron chi connectivity index (χ0n) is 11.3. The Morgan fingerprint density at radius 2 is 2.25 bits per heavy atom. The van der Waals surface area contributed by atoms with Crippen molar-refractivity contribution < 1.29 is 9.90 Å². The van der Waals surface area contributed by atoms with E-state index in [-0.39, 0.29) is 23.2 Å². The Hall–Kier alpha value is -0.820. The second-order valence-electron chi connectivity index (χ2n) is 5.89. The first kappa shape index (κ1) is 14.1. The summed E-state index contributed by atoms with van der Waals surface area (Å²) in [4.78, 5) is 12.2. The molecule has 0 radical (unpaired) electrons. The van der Waals surface area contributed by atoms with E-state index in [2.05, 4.69) is 10.6 Å². The van der Waals surface area contributed by atoms with Gasteiger partial charge in [-0.3, -0.25) is 4.79 Å². The van der Waals surface area contributed by atoms with Crippen LogP contribution >= 0.6 is 22.6 Å². The van der Waals surface area contributed by atoms with Gasteiger partial charge in [0.25, 0.3) is 5.91 Å². The minimum Gasteiger partial charge on any atom is -0.507 e. The molecule has 1 saturated carbocycles. The van der Waals surface area contributed by atoms with Crippen molar-refractivity contribution >= 4 is 28.5 Å². The molecule has 1 saturated heterocycles. The molecule has 3 N–H and O–H groups in total. The van der Waals surface area contributed by atoms with E-state index < -0.39 is 0 Å². The third-order valence-corrected chi connectivity index (χ3v) is 5.40. The Bertz CT molecular complexity index is 529. The van der Waals surface area contributed by atoms with Gasteiger partial charge in [0.2, 0.25) is 0 Å². The van der Waals surface area contributed by atoms with Gasteiger partial charge >= 0.3 is 0 Å². The fourth-order valence-electron chi connectivity index (χ4n) is 3.19. The number of halogens is 1. The molecule has 0 bridgehead atoms. The molecule has 1 atom stereocenters. The number of phenols is 1. The summed E-state index contributed by atoms with van der Waals surface area (Å²) >= 11 is 2.05. The number of nitrogens with one attached hydrogen (secondary N) is 2. The number of amides is 1. The highest BCUT2D eigenvalue weighted by Gasteiger charge is 2.41. The molecule has 1 amide bonds. The van der Waals surface area contributed by atoms with Crippen molar-refractivity contribution in [3.8, 4) is 5.75 Å². The summed E-state index contributed by atoms with van der Waals surface area (Å²) in [6.07, 6.45) is 5.74. The highest BCUT2D eigenvalue weighted by molar-refractivity contribution is 14.1. The van der Waals surface area contributed by atoms with Gasteiger partial charge in [0.1, 0.15) is 5.75 Å². The second-order valence-corrected chi connectivity index (χ2v) is 7.05. The van der Waals surface area contributed by atoms with Gasteiger partial charge in [-0.1, -0.05) is 0 Å². The summed E-state index contributed by atoms with van der Waals surface area (Å²) in [5.74, 6) is 0.0806. The number of benzene rings is 1. The number of phenolic OH excluding ortho intramolecular Hbond substituents is 1. The third-order valence-electron chi connectivity index (χ3n) is 4.48. The summed E-state index contributed by atoms with van der Waals surface area (Å²) in [6, 6.07) is 5.31.